The maximum atomic E-state index is 5.63. The minimum atomic E-state index is 0.403. The molecule has 0 fully saturated rings. The van der Waals surface area contributed by atoms with E-state index in [4.69, 9.17) is 9.26 Å². The van der Waals surface area contributed by atoms with Gasteiger partial charge in [-0.05, 0) is 25.5 Å². The zero-order valence-corrected chi connectivity index (χ0v) is 12.6. The summed E-state index contributed by atoms with van der Waals surface area (Å²) in [6.07, 6.45) is 2.82. The second kappa shape index (κ2) is 6.38. The Hall–Kier alpha value is -2.70. The van der Waals surface area contributed by atoms with E-state index in [0.717, 1.165) is 23.4 Å². The van der Waals surface area contributed by atoms with Gasteiger partial charge in [0.2, 0.25) is 5.89 Å². The molecule has 3 aromatic rings. The first-order valence-electron chi connectivity index (χ1n) is 7.17. The van der Waals surface area contributed by atoms with E-state index in [9.17, 15) is 0 Å². The normalized spacial score (nSPS) is 10.8. The summed E-state index contributed by atoms with van der Waals surface area (Å²) in [6, 6.07) is 7.82. The van der Waals surface area contributed by atoms with Crippen molar-refractivity contribution in [2.45, 2.75) is 26.8 Å². The molecule has 0 spiro atoms. The quantitative estimate of drug-likeness (QED) is 0.695. The fourth-order valence-electron chi connectivity index (χ4n) is 2.02. The summed E-state index contributed by atoms with van der Waals surface area (Å²) in [6.45, 7) is 4.96. The Balaban J connectivity index is 1.75. The summed E-state index contributed by atoms with van der Waals surface area (Å²) >= 11 is 0. The predicted molar refractivity (Wildman–Crippen MR) is 79.4 cm³/mol. The molecule has 0 N–H and O–H groups in total. The number of hydrogen-bond donors (Lipinski definition) is 0. The minimum absolute atomic E-state index is 0.403. The maximum Gasteiger partial charge on any atom is 0.248 e. The highest BCUT2D eigenvalue weighted by molar-refractivity contribution is 5.59. The molecule has 0 bridgehead atoms. The Kier molecular flexibility index (Phi) is 4.13. The van der Waals surface area contributed by atoms with Gasteiger partial charge < -0.3 is 9.26 Å². The van der Waals surface area contributed by atoms with Crippen LogP contribution in [-0.4, -0.2) is 31.7 Å². The highest BCUT2D eigenvalue weighted by Gasteiger charge is 2.08. The van der Waals surface area contributed by atoms with Crippen LogP contribution >= 0.6 is 0 Å². The molecule has 0 aliphatic heterocycles. The Morgan fingerprint density at radius 2 is 2.23 bits per heavy atom. The highest BCUT2D eigenvalue weighted by Crippen LogP contribution is 2.22. The van der Waals surface area contributed by atoms with Gasteiger partial charge in [0.15, 0.2) is 5.82 Å². The van der Waals surface area contributed by atoms with Crippen molar-refractivity contribution < 1.29 is 9.26 Å². The lowest BCUT2D eigenvalue weighted by atomic mass is 10.1. The molecule has 0 radical (unpaired) electrons. The molecule has 0 saturated carbocycles. The molecular formula is C15H17N5O2. The lowest BCUT2D eigenvalue weighted by Gasteiger charge is -2.05. The fourth-order valence-corrected chi connectivity index (χ4v) is 2.02. The van der Waals surface area contributed by atoms with Crippen molar-refractivity contribution in [1.82, 2.24) is 25.1 Å². The molecule has 3 rings (SSSR count). The number of ether oxygens (including phenoxy) is 1. The lowest BCUT2D eigenvalue weighted by Crippen LogP contribution is -2.00. The fraction of sp³-hybridized carbons (Fsp3) is 0.333. The number of aryl methyl sites for hydroxylation is 1. The first-order chi connectivity index (χ1) is 10.7. The number of benzene rings is 1. The SMILES string of the molecule is CCCOc1cccc(-c2cn(Cc3nc(C)no3)nn2)c1. The van der Waals surface area contributed by atoms with E-state index in [1.807, 2.05) is 30.5 Å². The van der Waals surface area contributed by atoms with Gasteiger partial charge in [0.25, 0.3) is 0 Å². The van der Waals surface area contributed by atoms with E-state index in [2.05, 4.69) is 27.4 Å². The van der Waals surface area contributed by atoms with E-state index in [1.54, 1.807) is 11.6 Å². The van der Waals surface area contributed by atoms with Gasteiger partial charge in [-0.25, -0.2) is 4.68 Å². The molecule has 0 saturated heterocycles. The zero-order chi connectivity index (χ0) is 15.4. The molecule has 0 atom stereocenters. The molecule has 0 aliphatic carbocycles. The molecule has 22 heavy (non-hydrogen) atoms. The topological polar surface area (TPSA) is 78.9 Å². The van der Waals surface area contributed by atoms with Crippen LogP contribution in [0, 0.1) is 6.92 Å². The Labute approximate surface area is 127 Å². The first-order valence-corrected chi connectivity index (χ1v) is 7.17. The molecule has 7 nitrogen and oxygen atoms in total. The average Bonchev–Trinajstić information content (AvgIpc) is 3.15. The van der Waals surface area contributed by atoms with E-state index in [0.29, 0.717) is 24.9 Å². The van der Waals surface area contributed by atoms with Crippen LogP contribution in [0.2, 0.25) is 0 Å². The van der Waals surface area contributed by atoms with Gasteiger partial charge in [0.05, 0.1) is 12.8 Å². The number of nitrogens with zero attached hydrogens (tertiary/aromatic N) is 5. The zero-order valence-electron chi connectivity index (χ0n) is 12.6. The van der Waals surface area contributed by atoms with Crippen molar-refractivity contribution in [3.05, 3.63) is 42.2 Å². The van der Waals surface area contributed by atoms with E-state index in [1.165, 1.54) is 0 Å². The van der Waals surface area contributed by atoms with Gasteiger partial charge in [0, 0.05) is 5.56 Å². The van der Waals surface area contributed by atoms with Gasteiger partial charge in [-0.1, -0.05) is 29.4 Å². The van der Waals surface area contributed by atoms with Gasteiger partial charge in [-0.3, -0.25) is 0 Å². The van der Waals surface area contributed by atoms with Crippen LogP contribution in [0.3, 0.4) is 0 Å². The summed E-state index contributed by atoms with van der Waals surface area (Å²) in [5.41, 5.74) is 1.74. The summed E-state index contributed by atoms with van der Waals surface area (Å²) in [4.78, 5) is 4.15. The standard InChI is InChI=1S/C15H17N5O2/c1-3-7-21-13-6-4-5-12(8-13)14-9-20(19-17-14)10-15-16-11(2)18-22-15/h4-6,8-9H,3,7,10H2,1-2H3. The van der Waals surface area contributed by atoms with E-state index < -0.39 is 0 Å². The van der Waals surface area contributed by atoms with Crippen molar-refractivity contribution >= 4 is 0 Å². The van der Waals surface area contributed by atoms with Crippen molar-refractivity contribution in [2.24, 2.45) is 0 Å². The number of aromatic nitrogens is 5. The molecular weight excluding hydrogens is 282 g/mol. The number of hydrogen-bond acceptors (Lipinski definition) is 6. The van der Waals surface area contributed by atoms with Crippen molar-refractivity contribution in [2.75, 3.05) is 6.61 Å². The molecule has 0 unspecified atom stereocenters. The molecule has 0 aliphatic rings. The van der Waals surface area contributed by atoms with Crippen molar-refractivity contribution in [3.8, 4) is 17.0 Å². The second-order valence-corrected chi connectivity index (χ2v) is 4.91. The van der Waals surface area contributed by atoms with Gasteiger partial charge in [0.1, 0.15) is 18.0 Å². The van der Waals surface area contributed by atoms with Crippen molar-refractivity contribution in [3.63, 3.8) is 0 Å². The van der Waals surface area contributed by atoms with Gasteiger partial charge >= 0.3 is 0 Å². The van der Waals surface area contributed by atoms with E-state index >= 15 is 0 Å². The van der Waals surface area contributed by atoms with Crippen LogP contribution in [0.15, 0.2) is 35.0 Å². The first kappa shape index (κ1) is 14.2. The number of rotatable bonds is 6. The van der Waals surface area contributed by atoms with Crippen molar-refractivity contribution in [1.29, 1.82) is 0 Å². The maximum absolute atomic E-state index is 5.63. The predicted octanol–water partition coefficient (Wildman–Crippen LogP) is 2.47. The summed E-state index contributed by atoms with van der Waals surface area (Å²) in [7, 11) is 0. The lowest BCUT2D eigenvalue weighted by molar-refractivity contribution is 0.317. The third-order valence-corrected chi connectivity index (χ3v) is 3.01. The molecule has 2 aromatic heterocycles. The largest absolute Gasteiger partial charge is 0.494 e. The van der Waals surface area contributed by atoms with Gasteiger partial charge in [-0.15, -0.1) is 5.10 Å². The van der Waals surface area contributed by atoms with Crippen LogP contribution in [-0.2, 0) is 6.54 Å². The van der Waals surface area contributed by atoms with Crippen LogP contribution in [0.4, 0.5) is 0 Å². The third kappa shape index (κ3) is 3.30. The van der Waals surface area contributed by atoms with Crippen LogP contribution in [0.25, 0.3) is 11.3 Å². The Morgan fingerprint density at radius 3 is 3.00 bits per heavy atom. The molecule has 1 aromatic carbocycles. The van der Waals surface area contributed by atoms with Crippen LogP contribution < -0.4 is 4.74 Å². The molecule has 2 heterocycles. The summed E-state index contributed by atoms with van der Waals surface area (Å²) < 4.78 is 12.4. The average molecular weight is 299 g/mol. The van der Waals surface area contributed by atoms with E-state index in [-0.39, 0.29) is 0 Å². The monoisotopic (exact) mass is 299 g/mol. The van der Waals surface area contributed by atoms with Crippen LogP contribution in [0.5, 0.6) is 5.75 Å². The van der Waals surface area contributed by atoms with Gasteiger partial charge in [-0.2, -0.15) is 4.98 Å². The minimum Gasteiger partial charge on any atom is -0.494 e. The summed E-state index contributed by atoms with van der Waals surface area (Å²) in [5, 5.41) is 12.0. The third-order valence-electron chi connectivity index (χ3n) is 3.01. The van der Waals surface area contributed by atoms with Crippen LogP contribution in [0.1, 0.15) is 25.1 Å². The molecule has 0 amide bonds. The Morgan fingerprint density at radius 1 is 1.32 bits per heavy atom. The smallest absolute Gasteiger partial charge is 0.248 e. The highest BCUT2D eigenvalue weighted by atomic mass is 16.5. The molecule has 114 valence electrons. The second-order valence-electron chi connectivity index (χ2n) is 4.91. The summed E-state index contributed by atoms with van der Waals surface area (Å²) in [5.74, 6) is 1.95. The molecule has 7 heteroatoms. The Bertz CT molecular complexity index is 750.